The van der Waals surface area contributed by atoms with Crippen LogP contribution >= 0.6 is 0 Å². The van der Waals surface area contributed by atoms with Crippen LogP contribution in [0.5, 0.6) is 0 Å². The Labute approximate surface area is 110 Å². The second-order valence-electron chi connectivity index (χ2n) is 3.79. The van der Waals surface area contributed by atoms with E-state index >= 15 is 0 Å². The van der Waals surface area contributed by atoms with E-state index in [9.17, 15) is 18.0 Å². The van der Waals surface area contributed by atoms with E-state index in [1.807, 2.05) is 0 Å². The van der Waals surface area contributed by atoms with Gasteiger partial charge in [0, 0.05) is 13.1 Å². The largest absolute Gasteiger partial charge is 0.469 e. The van der Waals surface area contributed by atoms with Crippen molar-refractivity contribution in [3.63, 3.8) is 0 Å². The number of alkyl halides is 3. The summed E-state index contributed by atoms with van der Waals surface area (Å²) < 4.78 is 48.0. The van der Waals surface area contributed by atoms with Gasteiger partial charge in [0.2, 0.25) is 5.89 Å². The molecule has 0 spiro atoms. The predicted molar refractivity (Wildman–Crippen MR) is 57.2 cm³/mol. The van der Waals surface area contributed by atoms with Gasteiger partial charge in [0.05, 0.1) is 7.11 Å². The maximum atomic E-state index is 12.5. The number of aryl methyl sites for hydroxylation is 1. The Balaban J connectivity index is 2.28. The standard InChI is InChI=1S/C10H9F3N4O3/c1-17-5(3-6(16-17)10(11,12)13)9-15-14-7(20-9)4-8(18)19-2/h3H,4H2,1-2H3. The van der Waals surface area contributed by atoms with E-state index in [2.05, 4.69) is 20.0 Å². The Morgan fingerprint density at radius 1 is 1.45 bits per heavy atom. The van der Waals surface area contributed by atoms with Crippen LogP contribution in [0, 0.1) is 0 Å². The maximum absolute atomic E-state index is 12.5. The lowest BCUT2D eigenvalue weighted by Crippen LogP contribution is -2.06. The topological polar surface area (TPSA) is 83.0 Å². The van der Waals surface area contributed by atoms with Crippen molar-refractivity contribution < 1.29 is 27.1 Å². The Hall–Kier alpha value is -2.39. The highest BCUT2D eigenvalue weighted by Crippen LogP contribution is 2.30. The van der Waals surface area contributed by atoms with Crippen molar-refractivity contribution in [1.82, 2.24) is 20.0 Å². The number of halogens is 3. The van der Waals surface area contributed by atoms with Gasteiger partial charge in [-0.05, 0) is 0 Å². The number of carbonyl (C=O) groups is 1. The molecule has 0 bridgehead atoms. The van der Waals surface area contributed by atoms with Gasteiger partial charge in [0.1, 0.15) is 12.1 Å². The van der Waals surface area contributed by atoms with Gasteiger partial charge in [0.15, 0.2) is 5.69 Å². The molecule has 0 N–H and O–H groups in total. The summed E-state index contributed by atoms with van der Waals surface area (Å²) in [6.07, 6.45) is -4.82. The van der Waals surface area contributed by atoms with Crippen molar-refractivity contribution >= 4 is 5.97 Å². The van der Waals surface area contributed by atoms with Crippen molar-refractivity contribution in [3.8, 4) is 11.6 Å². The van der Waals surface area contributed by atoms with Crippen molar-refractivity contribution in [2.24, 2.45) is 7.05 Å². The second kappa shape index (κ2) is 4.94. The zero-order valence-electron chi connectivity index (χ0n) is 10.4. The van der Waals surface area contributed by atoms with Gasteiger partial charge in [-0.15, -0.1) is 10.2 Å². The summed E-state index contributed by atoms with van der Waals surface area (Å²) in [7, 11) is 2.51. The van der Waals surface area contributed by atoms with Crippen molar-refractivity contribution in [2.45, 2.75) is 12.6 Å². The van der Waals surface area contributed by atoms with Gasteiger partial charge in [-0.3, -0.25) is 9.48 Å². The van der Waals surface area contributed by atoms with E-state index in [1.54, 1.807) is 0 Å². The smallest absolute Gasteiger partial charge is 0.435 e. The third kappa shape index (κ3) is 2.78. The molecule has 2 rings (SSSR count). The number of hydrogen-bond donors (Lipinski definition) is 0. The molecule has 7 nitrogen and oxygen atoms in total. The summed E-state index contributed by atoms with van der Waals surface area (Å²) in [5, 5.41) is 10.4. The van der Waals surface area contributed by atoms with Gasteiger partial charge in [-0.2, -0.15) is 18.3 Å². The van der Waals surface area contributed by atoms with E-state index in [0.717, 1.165) is 10.7 Å². The summed E-state index contributed by atoms with van der Waals surface area (Å²) >= 11 is 0. The molecule has 0 aromatic carbocycles. The first-order valence-electron chi connectivity index (χ1n) is 5.32. The fraction of sp³-hybridized carbons (Fsp3) is 0.400. The van der Waals surface area contributed by atoms with Gasteiger partial charge < -0.3 is 9.15 Å². The third-order valence-corrected chi connectivity index (χ3v) is 2.38. The molecular weight excluding hydrogens is 281 g/mol. The summed E-state index contributed by atoms with van der Waals surface area (Å²) in [5.41, 5.74) is -1.07. The van der Waals surface area contributed by atoms with Crippen LogP contribution in [0.3, 0.4) is 0 Å². The number of carbonyl (C=O) groups excluding carboxylic acids is 1. The minimum atomic E-state index is -4.56. The van der Waals surface area contributed by atoms with Crippen LogP contribution in [-0.2, 0) is 29.2 Å². The highest BCUT2D eigenvalue weighted by molar-refractivity contribution is 5.71. The monoisotopic (exact) mass is 290 g/mol. The number of nitrogens with zero attached hydrogens (tertiary/aromatic N) is 4. The normalized spacial score (nSPS) is 11.7. The molecule has 0 aliphatic carbocycles. The van der Waals surface area contributed by atoms with Crippen LogP contribution in [0.4, 0.5) is 13.2 Å². The van der Waals surface area contributed by atoms with Crippen molar-refractivity contribution in [2.75, 3.05) is 7.11 Å². The molecule has 10 heteroatoms. The summed E-state index contributed by atoms with van der Waals surface area (Å²) in [4.78, 5) is 11.0. The lowest BCUT2D eigenvalue weighted by Gasteiger charge is -1.98. The van der Waals surface area contributed by atoms with E-state index in [0.29, 0.717) is 0 Å². The highest BCUT2D eigenvalue weighted by atomic mass is 19.4. The molecule has 0 unspecified atom stereocenters. The molecule has 0 saturated heterocycles. The van der Waals surface area contributed by atoms with Gasteiger partial charge in [-0.25, -0.2) is 0 Å². The molecule has 2 heterocycles. The Morgan fingerprint density at radius 2 is 2.15 bits per heavy atom. The number of hydrogen-bond acceptors (Lipinski definition) is 6. The van der Waals surface area contributed by atoms with Crippen molar-refractivity contribution in [1.29, 1.82) is 0 Å². The third-order valence-electron chi connectivity index (χ3n) is 2.38. The lowest BCUT2D eigenvalue weighted by atomic mass is 10.3. The molecular formula is C10H9F3N4O3. The molecule has 108 valence electrons. The number of methoxy groups -OCH3 is 1. The summed E-state index contributed by atoms with van der Waals surface area (Å²) in [6.45, 7) is 0. The van der Waals surface area contributed by atoms with E-state index < -0.39 is 17.8 Å². The first kappa shape index (κ1) is 14.0. The average molecular weight is 290 g/mol. The van der Waals surface area contributed by atoms with Crippen LogP contribution in [-0.4, -0.2) is 33.1 Å². The van der Waals surface area contributed by atoms with Crippen LogP contribution in [0.2, 0.25) is 0 Å². The van der Waals surface area contributed by atoms with Crippen LogP contribution in [0.15, 0.2) is 10.5 Å². The van der Waals surface area contributed by atoms with E-state index in [-0.39, 0.29) is 23.9 Å². The SMILES string of the molecule is COC(=O)Cc1nnc(-c2cc(C(F)(F)F)nn2C)o1. The first-order chi connectivity index (χ1) is 9.31. The Bertz CT molecular complexity index is 632. The lowest BCUT2D eigenvalue weighted by molar-refractivity contribution is -0.141. The molecule has 0 amide bonds. The maximum Gasteiger partial charge on any atom is 0.435 e. The number of aromatic nitrogens is 4. The minimum Gasteiger partial charge on any atom is -0.469 e. The van der Waals surface area contributed by atoms with E-state index in [1.165, 1.54) is 14.2 Å². The van der Waals surface area contributed by atoms with Crippen LogP contribution < -0.4 is 0 Å². The molecule has 20 heavy (non-hydrogen) atoms. The molecule has 0 fully saturated rings. The van der Waals surface area contributed by atoms with Gasteiger partial charge in [-0.1, -0.05) is 0 Å². The zero-order chi connectivity index (χ0) is 14.9. The molecule has 0 radical (unpaired) electrons. The Kier molecular flexibility index (Phi) is 3.47. The molecule has 0 saturated carbocycles. The average Bonchev–Trinajstić information content (AvgIpc) is 2.94. The molecule has 0 atom stereocenters. The van der Waals surface area contributed by atoms with Crippen LogP contribution in [0.25, 0.3) is 11.6 Å². The molecule has 0 aliphatic heterocycles. The van der Waals surface area contributed by atoms with Crippen molar-refractivity contribution in [3.05, 3.63) is 17.7 Å². The fourth-order valence-corrected chi connectivity index (χ4v) is 1.43. The number of esters is 1. The molecule has 2 aromatic heterocycles. The molecule has 0 aliphatic rings. The Morgan fingerprint density at radius 3 is 2.70 bits per heavy atom. The van der Waals surface area contributed by atoms with Gasteiger partial charge >= 0.3 is 12.1 Å². The van der Waals surface area contributed by atoms with Crippen LogP contribution in [0.1, 0.15) is 11.6 Å². The zero-order valence-corrected chi connectivity index (χ0v) is 10.4. The fourth-order valence-electron chi connectivity index (χ4n) is 1.43. The quantitative estimate of drug-likeness (QED) is 0.790. The summed E-state index contributed by atoms with van der Waals surface area (Å²) in [5.74, 6) is -0.808. The van der Waals surface area contributed by atoms with Gasteiger partial charge in [0.25, 0.3) is 5.89 Å². The minimum absolute atomic E-state index is 0.000871. The predicted octanol–water partition coefficient (Wildman–Crippen LogP) is 1.20. The highest BCUT2D eigenvalue weighted by Gasteiger charge is 2.35. The first-order valence-corrected chi connectivity index (χ1v) is 5.32. The van der Waals surface area contributed by atoms with E-state index in [4.69, 9.17) is 4.42 Å². The number of rotatable bonds is 3. The second-order valence-corrected chi connectivity index (χ2v) is 3.79. The number of ether oxygens (including phenoxy) is 1. The molecule has 2 aromatic rings. The summed E-state index contributed by atoms with van der Waals surface area (Å²) in [6, 6.07) is 0.787.